The number of carbonyl (C=O) groups excluding carboxylic acids is 2. The van der Waals surface area contributed by atoms with Gasteiger partial charge in [0.1, 0.15) is 5.75 Å². The van der Waals surface area contributed by atoms with Crippen molar-refractivity contribution in [2.24, 2.45) is 0 Å². The molecule has 0 aliphatic rings. The molecule has 1 amide bonds. The van der Waals surface area contributed by atoms with Gasteiger partial charge in [-0.15, -0.1) is 0 Å². The lowest BCUT2D eigenvalue weighted by Crippen LogP contribution is -2.33. The number of benzene rings is 2. The fourth-order valence-electron chi connectivity index (χ4n) is 2.11. The van der Waals surface area contributed by atoms with Crippen molar-refractivity contribution < 1.29 is 19.1 Å². The number of carbonyl (C=O) groups is 2. The van der Waals surface area contributed by atoms with Crippen molar-refractivity contribution in [1.82, 2.24) is 0 Å². The lowest BCUT2D eigenvalue weighted by molar-refractivity contribution is -0.122. The van der Waals surface area contributed by atoms with Crippen molar-refractivity contribution in [3.63, 3.8) is 0 Å². The monoisotopic (exact) mass is 347 g/mol. The number of esters is 1. The van der Waals surface area contributed by atoms with E-state index in [0.717, 1.165) is 0 Å². The summed E-state index contributed by atoms with van der Waals surface area (Å²) < 4.78 is 10.4. The Morgan fingerprint density at radius 3 is 2.46 bits per heavy atom. The molecule has 0 aromatic heterocycles. The highest BCUT2D eigenvalue weighted by Gasteiger charge is 2.21. The third kappa shape index (κ3) is 4.26. The van der Waals surface area contributed by atoms with E-state index >= 15 is 0 Å². The number of hydrogen-bond donors (Lipinski definition) is 1. The molecule has 0 unspecified atom stereocenters. The Kier molecular flexibility index (Phi) is 6.21. The zero-order valence-corrected chi connectivity index (χ0v) is 14.2. The maximum Gasteiger partial charge on any atom is 0.339 e. The Bertz CT molecular complexity index is 732. The van der Waals surface area contributed by atoms with E-state index in [1.165, 1.54) is 7.11 Å². The van der Waals surface area contributed by atoms with Crippen LogP contribution in [0.5, 0.6) is 5.75 Å². The Hall–Kier alpha value is -2.53. The molecule has 24 heavy (non-hydrogen) atoms. The Labute approximate surface area is 145 Å². The molecule has 2 aromatic rings. The second-order valence-corrected chi connectivity index (χ2v) is 5.38. The molecule has 126 valence electrons. The summed E-state index contributed by atoms with van der Waals surface area (Å²) in [5.74, 6) is -0.456. The van der Waals surface area contributed by atoms with Crippen LogP contribution in [0.2, 0.25) is 5.02 Å². The predicted octanol–water partition coefficient (Wildman–Crippen LogP) is 3.92. The highest BCUT2D eigenvalue weighted by Crippen LogP contribution is 2.25. The number of hydrogen-bond acceptors (Lipinski definition) is 4. The van der Waals surface area contributed by atoms with Gasteiger partial charge < -0.3 is 14.8 Å². The Balaban J connectivity index is 2.16. The summed E-state index contributed by atoms with van der Waals surface area (Å²) in [6.07, 6.45) is -0.298. The highest BCUT2D eigenvalue weighted by atomic mass is 35.5. The second-order valence-electron chi connectivity index (χ2n) is 4.97. The molecule has 0 radical (unpaired) electrons. The average molecular weight is 348 g/mol. The van der Waals surface area contributed by atoms with E-state index in [9.17, 15) is 9.59 Å². The molecule has 2 aromatic carbocycles. The molecular formula is C18H18ClNO4. The van der Waals surface area contributed by atoms with Gasteiger partial charge in [-0.25, -0.2) is 4.79 Å². The SMILES string of the molecule is CC[C@@H](Oc1ccccc1Cl)C(=O)Nc1ccccc1C(=O)OC. The van der Waals surface area contributed by atoms with Crippen LogP contribution in [0.15, 0.2) is 48.5 Å². The lowest BCUT2D eigenvalue weighted by atomic mass is 10.1. The molecule has 0 bridgehead atoms. The lowest BCUT2D eigenvalue weighted by Gasteiger charge is -2.18. The van der Waals surface area contributed by atoms with Gasteiger partial charge in [0.05, 0.1) is 23.4 Å². The molecule has 0 fully saturated rings. The van der Waals surface area contributed by atoms with Crippen molar-refractivity contribution >= 4 is 29.2 Å². The number of para-hydroxylation sites is 2. The summed E-state index contributed by atoms with van der Waals surface area (Å²) in [7, 11) is 1.29. The molecular weight excluding hydrogens is 330 g/mol. The summed E-state index contributed by atoms with van der Waals surface area (Å²) in [6.45, 7) is 1.83. The van der Waals surface area contributed by atoms with Gasteiger partial charge in [-0.2, -0.15) is 0 Å². The first kappa shape index (κ1) is 17.8. The van der Waals surface area contributed by atoms with Crippen LogP contribution >= 0.6 is 11.6 Å². The van der Waals surface area contributed by atoms with Gasteiger partial charge >= 0.3 is 5.97 Å². The van der Waals surface area contributed by atoms with Gasteiger partial charge in [0.2, 0.25) is 0 Å². The summed E-state index contributed by atoms with van der Waals surface area (Å²) in [4.78, 5) is 24.3. The molecule has 0 heterocycles. The van der Waals surface area contributed by atoms with Crippen LogP contribution in [0, 0.1) is 0 Å². The standard InChI is InChI=1S/C18H18ClNO4/c1-3-15(24-16-11-7-5-9-13(16)19)17(21)20-14-10-6-4-8-12(14)18(22)23-2/h4-11,15H,3H2,1-2H3,(H,20,21)/t15-/m1/s1. The predicted molar refractivity (Wildman–Crippen MR) is 92.6 cm³/mol. The third-order valence-electron chi connectivity index (χ3n) is 3.36. The molecule has 0 aliphatic carbocycles. The van der Waals surface area contributed by atoms with Crippen LogP contribution in [0.1, 0.15) is 23.7 Å². The van der Waals surface area contributed by atoms with Gasteiger partial charge in [-0.3, -0.25) is 4.79 Å². The van der Waals surface area contributed by atoms with Gasteiger partial charge in [0.25, 0.3) is 5.91 Å². The summed E-state index contributed by atoms with van der Waals surface area (Å²) >= 11 is 6.06. The molecule has 2 rings (SSSR count). The van der Waals surface area contributed by atoms with Crippen molar-refractivity contribution in [3.05, 3.63) is 59.1 Å². The maximum absolute atomic E-state index is 12.5. The van der Waals surface area contributed by atoms with Crippen molar-refractivity contribution in [2.75, 3.05) is 12.4 Å². The van der Waals surface area contributed by atoms with E-state index in [1.54, 1.807) is 48.5 Å². The minimum Gasteiger partial charge on any atom is -0.479 e. The zero-order chi connectivity index (χ0) is 17.5. The van der Waals surface area contributed by atoms with E-state index in [4.69, 9.17) is 21.1 Å². The number of methoxy groups -OCH3 is 1. The van der Waals surface area contributed by atoms with Crippen LogP contribution in [0.25, 0.3) is 0 Å². The van der Waals surface area contributed by atoms with Crippen LogP contribution in [-0.4, -0.2) is 25.1 Å². The Morgan fingerprint density at radius 1 is 1.12 bits per heavy atom. The largest absolute Gasteiger partial charge is 0.479 e. The molecule has 1 N–H and O–H groups in total. The first-order valence-electron chi connectivity index (χ1n) is 7.46. The van der Waals surface area contributed by atoms with E-state index < -0.39 is 12.1 Å². The number of nitrogens with one attached hydrogen (secondary N) is 1. The molecule has 1 atom stereocenters. The fraction of sp³-hybridized carbons (Fsp3) is 0.222. The van der Waals surface area contributed by atoms with Gasteiger partial charge in [0, 0.05) is 0 Å². The summed E-state index contributed by atoms with van der Waals surface area (Å²) in [5.41, 5.74) is 0.650. The van der Waals surface area contributed by atoms with Gasteiger partial charge in [-0.1, -0.05) is 42.8 Å². The first-order valence-corrected chi connectivity index (χ1v) is 7.84. The van der Waals surface area contributed by atoms with E-state index in [-0.39, 0.29) is 11.5 Å². The second kappa shape index (κ2) is 8.36. The molecule has 6 heteroatoms. The number of halogens is 1. The fourth-order valence-corrected chi connectivity index (χ4v) is 2.29. The highest BCUT2D eigenvalue weighted by molar-refractivity contribution is 6.32. The molecule has 0 saturated carbocycles. The van der Waals surface area contributed by atoms with E-state index in [2.05, 4.69) is 5.32 Å². The topological polar surface area (TPSA) is 64.6 Å². The minimum atomic E-state index is -0.740. The van der Waals surface area contributed by atoms with Crippen LogP contribution < -0.4 is 10.1 Å². The summed E-state index contributed by atoms with van der Waals surface area (Å²) in [6, 6.07) is 13.6. The molecule has 5 nitrogen and oxygen atoms in total. The van der Waals surface area contributed by atoms with Crippen molar-refractivity contribution in [3.8, 4) is 5.75 Å². The normalized spacial score (nSPS) is 11.5. The van der Waals surface area contributed by atoms with E-state index in [0.29, 0.717) is 22.9 Å². The first-order chi connectivity index (χ1) is 11.6. The number of rotatable bonds is 6. The molecule has 0 saturated heterocycles. The van der Waals surface area contributed by atoms with Crippen molar-refractivity contribution in [2.45, 2.75) is 19.4 Å². The average Bonchev–Trinajstić information content (AvgIpc) is 2.60. The van der Waals surface area contributed by atoms with E-state index in [1.807, 2.05) is 6.92 Å². The number of ether oxygens (including phenoxy) is 2. The van der Waals surface area contributed by atoms with Crippen LogP contribution in [0.4, 0.5) is 5.69 Å². The third-order valence-corrected chi connectivity index (χ3v) is 3.67. The number of anilines is 1. The smallest absolute Gasteiger partial charge is 0.339 e. The minimum absolute atomic E-state index is 0.279. The van der Waals surface area contributed by atoms with Crippen molar-refractivity contribution in [1.29, 1.82) is 0 Å². The van der Waals surface area contributed by atoms with Gasteiger partial charge in [-0.05, 0) is 30.7 Å². The van der Waals surface area contributed by atoms with Crippen LogP contribution in [-0.2, 0) is 9.53 Å². The molecule has 0 spiro atoms. The molecule has 0 aliphatic heterocycles. The van der Waals surface area contributed by atoms with Crippen LogP contribution in [0.3, 0.4) is 0 Å². The maximum atomic E-state index is 12.5. The quantitative estimate of drug-likeness (QED) is 0.804. The zero-order valence-electron chi connectivity index (χ0n) is 13.4. The van der Waals surface area contributed by atoms with Gasteiger partial charge in [0.15, 0.2) is 6.10 Å². The number of amides is 1. The Morgan fingerprint density at radius 2 is 1.79 bits per heavy atom. The summed E-state index contributed by atoms with van der Waals surface area (Å²) in [5, 5.41) is 3.14.